The average molecular weight is 299 g/mol. The zero-order chi connectivity index (χ0) is 15.7. The van der Waals surface area contributed by atoms with Gasteiger partial charge in [0.15, 0.2) is 11.5 Å². The lowest BCUT2D eigenvalue weighted by molar-refractivity contribution is 0.278. The number of aromatic nitrogens is 1. The number of phenolic OH excluding ortho intramolecular Hbond substituents is 1. The van der Waals surface area contributed by atoms with E-state index in [1.54, 1.807) is 30.3 Å². The molecule has 0 aliphatic heterocycles. The Kier molecular flexibility index (Phi) is 3.75. The summed E-state index contributed by atoms with van der Waals surface area (Å²) in [5.74, 6) is 0.282. The van der Waals surface area contributed by atoms with E-state index in [2.05, 4.69) is 0 Å². The van der Waals surface area contributed by atoms with Crippen LogP contribution in [0.1, 0.15) is 25.6 Å². The Morgan fingerprint density at radius 3 is 2.64 bits per heavy atom. The fraction of sp³-hybridized carbons (Fsp3) is 0.222. The number of ether oxygens (including phenoxy) is 1. The second-order valence-corrected chi connectivity index (χ2v) is 5.53. The molecule has 22 heavy (non-hydrogen) atoms. The smallest absolute Gasteiger partial charge is 0.161 e. The van der Waals surface area contributed by atoms with Crippen LogP contribution in [-0.4, -0.2) is 9.67 Å². The molecule has 2 aromatic carbocycles. The van der Waals surface area contributed by atoms with Gasteiger partial charge in [-0.05, 0) is 38.1 Å². The molecule has 1 aromatic heterocycles. The zero-order valence-corrected chi connectivity index (χ0v) is 12.6. The van der Waals surface area contributed by atoms with Crippen molar-refractivity contribution in [1.29, 1.82) is 0 Å². The van der Waals surface area contributed by atoms with Crippen LogP contribution in [0.25, 0.3) is 10.9 Å². The molecule has 0 aliphatic carbocycles. The van der Waals surface area contributed by atoms with Crippen molar-refractivity contribution in [2.24, 2.45) is 0 Å². The molecule has 0 saturated carbocycles. The van der Waals surface area contributed by atoms with Gasteiger partial charge < -0.3 is 14.4 Å². The highest BCUT2D eigenvalue weighted by Crippen LogP contribution is 2.29. The standard InChI is InChI=1S/C18H18FNO2/c1-12(2)20-14(10-13-6-5-7-15(19)18(13)20)11-22-17-9-4-3-8-16(17)21/h3-10,12,21H,11H2,1-2H3. The molecule has 3 aromatic rings. The Labute approximate surface area is 128 Å². The van der Waals surface area contributed by atoms with Gasteiger partial charge in [-0.3, -0.25) is 0 Å². The number of benzene rings is 2. The van der Waals surface area contributed by atoms with Crippen molar-refractivity contribution >= 4 is 10.9 Å². The first-order valence-electron chi connectivity index (χ1n) is 7.27. The number of halogens is 1. The van der Waals surface area contributed by atoms with Gasteiger partial charge in [0, 0.05) is 11.4 Å². The van der Waals surface area contributed by atoms with Crippen LogP contribution in [0, 0.1) is 5.82 Å². The lowest BCUT2D eigenvalue weighted by atomic mass is 10.2. The average Bonchev–Trinajstić information content (AvgIpc) is 2.86. The molecule has 0 spiro atoms. The summed E-state index contributed by atoms with van der Waals surface area (Å²) >= 11 is 0. The Morgan fingerprint density at radius 2 is 1.91 bits per heavy atom. The molecule has 0 atom stereocenters. The Morgan fingerprint density at radius 1 is 1.14 bits per heavy atom. The second kappa shape index (κ2) is 5.72. The van der Waals surface area contributed by atoms with Gasteiger partial charge in [-0.1, -0.05) is 24.3 Å². The Bertz CT molecular complexity index is 808. The number of hydrogen-bond donors (Lipinski definition) is 1. The van der Waals surface area contributed by atoms with Crippen LogP contribution in [0.15, 0.2) is 48.5 Å². The minimum atomic E-state index is -0.236. The quantitative estimate of drug-likeness (QED) is 0.761. The van der Waals surface area contributed by atoms with Crippen molar-refractivity contribution in [3.05, 3.63) is 60.0 Å². The molecule has 1 N–H and O–H groups in total. The molecular formula is C18H18FNO2. The number of hydrogen-bond acceptors (Lipinski definition) is 2. The Hall–Kier alpha value is -2.49. The molecule has 0 unspecified atom stereocenters. The second-order valence-electron chi connectivity index (χ2n) is 5.53. The minimum absolute atomic E-state index is 0.0980. The summed E-state index contributed by atoms with van der Waals surface area (Å²) in [5, 5.41) is 10.6. The van der Waals surface area contributed by atoms with Gasteiger partial charge in [-0.15, -0.1) is 0 Å². The fourth-order valence-corrected chi connectivity index (χ4v) is 2.73. The highest BCUT2D eigenvalue weighted by Gasteiger charge is 2.15. The van der Waals surface area contributed by atoms with Crippen molar-refractivity contribution in [2.75, 3.05) is 0 Å². The highest BCUT2D eigenvalue weighted by atomic mass is 19.1. The van der Waals surface area contributed by atoms with Crippen molar-refractivity contribution in [1.82, 2.24) is 4.57 Å². The van der Waals surface area contributed by atoms with E-state index in [1.165, 1.54) is 6.07 Å². The first-order valence-corrected chi connectivity index (χ1v) is 7.27. The molecule has 0 saturated heterocycles. The molecule has 0 aliphatic rings. The van der Waals surface area contributed by atoms with Crippen molar-refractivity contribution in [3.8, 4) is 11.5 Å². The van der Waals surface area contributed by atoms with Crippen LogP contribution in [0.4, 0.5) is 4.39 Å². The maximum atomic E-state index is 14.1. The summed E-state index contributed by atoms with van der Waals surface area (Å²) in [6, 6.07) is 13.9. The SMILES string of the molecule is CC(C)n1c(COc2ccccc2O)cc2cccc(F)c21. The first-order chi connectivity index (χ1) is 10.6. The molecule has 1 heterocycles. The lowest BCUT2D eigenvalue weighted by Gasteiger charge is -2.16. The maximum Gasteiger partial charge on any atom is 0.161 e. The molecular weight excluding hydrogens is 281 g/mol. The summed E-state index contributed by atoms with van der Waals surface area (Å²) < 4.78 is 21.8. The van der Waals surface area contributed by atoms with Gasteiger partial charge in [0.1, 0.15) is 12.4 Å². The molecule has 4 heteroatoms. The minimum Gasteiger partial charge on any atom is -0.504 e. The summed E-state index contributed by atoms with van der Waals surface area (Å²) in [6.45, 7) is 4.29. The van der Waals surface area contributed by atoms with Crippen molar-refractivity contribution in [2.45, 2.75) is 26.5 Å². The van der Waals surface area contributed by atoms with Gasteiger partial charge in [-0.2, -0.15) is 0 Å². The van der Waals surface area contributed by atoms with Gasteiger partial charge in [-0.25, -0.2) is 4.39 Å². The van der Waals surface area contributed by atoms with Gasteiger partial charge in [0.05, 0.1) is 11.2 Å². The van der Waals surface area contributed by atoms with Gasteiger partial charge in [0.25, 0.3) is 0 Å². The third-order valence-electron chi connectivity index (χ3n) is 3.65. The van der Waals surface area contributed by atoms with Crippen LogP contribution < -0.4 is 4.74 Å². The van der Waals surface area contributed by atoms with Gasteiger partial charge >= 0.3 is 0 Å². The van der Waals surface area contributed by atoms with E-state index in [0.717, 1.165) is 11.1 Å². The molecule has 114 valence electrons. The molecule has 3 nitrogen and oxygen atoms in total. The molecule has 0 amide bonds. The summed E-state index contributed by atoms with van der Waals surface area (Å²) in [6.07, 6.45) is 0. The topological polar surface area (TPSA) is 34.4 Å². The number of para-hydroxylation sites is 3. The van der Waals surface area contributed by atoms with Crippen LogP contribution in [0.2, 0.25) is 0 Å². The van der Waals surface area contributed by atoms with E-state index in [-0.39, 0.29) is 24.2 Å². The predicted octanol–water partition coefficient (Wildman–Crippen LogP) is 4.65. The number of rotatable bonds is 4. The molecule has 3 rings (SSSR count). The van der Waals surface area contributed by atoms with E-state index in [1.807, 2.05) is 30.5 Å². The lowest BCUT2D eigenvalue weighted by Crippen LogP contribution is -2.09. The normalized spacial score (nSPS) is 11.3. The van der Waals surface area contributed by atoms with E-state index in [0.29, 0.717) is 11.3 Å². The van der Waals surface area contributed by atoms with E-state index >= 15 is 0 Å². The zero-order valence-electron chi connectivity index (χ0n) is 12.6. The molecule has 0 bridgehead atoms. The van der Waals surface area contributed by atoms with Crippen LogP contribution >= 0.6 is 0 Å². The Balaban J connectivity index is 1.99. The molecule has 0 radical (unpaired) electrons. The van der Waals surface area contributed by atoms with E-state index in [4.69, 9.17) is 4.74 Å². The van der Waals surface area contributed by atoms with Crippen LogP contribution in [0.5, 0.6) is 11.5 Å². The highest BCUT2D eigenvalue weighted by molar-refractivity contribution is 5.82. The number of phenols is 1. The van der Waals surface area contributed by atoms with Gasteiger partial charge in [0.2, 0.25) is 0 Å². The monoisotopic (exact) mass is 299 g/mol. The third kappa shape index (κ3) is 2.52. The predicted molar refractivity (Wildman–Crippen MR) is 84.7 cm³/mol. The fourth-order valence-electron chi connectivity index (χ4n) is 2.73. The number of fused-ring (bicyclic) bond motifs is 1. The number of aromatic hydroxyl groups is 1. The van der Waals surface area contributed by atoms with E-state index in [9.17, 15) is 9.50 Å². The third-order valence-corrected chi connectivity index (χ3v) is 3.65. The van der Waals surface area contributed by atoms with Crippen LogP contribution in [0.3, 0.4) is 0 Å². The summed E-state index contributed by atoms with van der Waals surface area (Å²) in [7, 11) is 0. The maximum absolute atomic E-state index is 14.1. The summed E-state index contributed by atoms with van der Waals surface area (Å²) in [5.41, 5.74) is 1.46. The first kappa shape index (κ1) is 14.4. The van der Waals surface area contributed by atoms with Crippen molar-refractivity contribution < 1.29 is 14.2 Å². The largest absolute Gasteiger partial charge is 0.504 e. The van der Waals surface area contributed by atoms with Crippen LogP contribution in [-0.2, 0) is 6.61 Å². The van der Waals surface area contributed by atoms with E-state index < -0.39 is 0 Å². The number of nitrogens with zero attached hydrogens (tertiary/aromatic N) is 1. The summed E-state index contributed by atoms with van der Waals surface area (Å²) in [4.78, 5) is 0. The molecule has 0 fully saturated rings. The van der Waals surface area contributed by atoms with Crippen molar-refractivity contribution in [3.63, 3.8) is 0 Å².